The van der Waals surface area contributed by atoms with Crippen molar-refractivity contribution in [2.75, 3.05) is 24.7 Å². The Kier molecular flexibility index (Phi) is 3.06. The molecule has 0 bridgehead atoms. The van der Waals surface area contributed by atoms with E-state index in [-0.39, 0.29) is 0 Å². The van der Waals surface area contributed by atoms with Crippen LogP contribution in [0.5, 0.6) is 0 Å². The zero-order valence-corrected chi connectivity index (χ0v) is 13.0. The van der Waals surface area contributed by atoms with Crippen LogP contribution in [0.1, 0.15) is 11.3 Å². The number of nitrogen functional groups attached to an aromatic ring is 1. The second kappa shape index (κ2) is 5.24. The molecule has 0 aliphatic carbocycles. The van der Waals surface area contributed by atoms with Gasteiger partial charge in [0, 0.05) is 19.7 Å². The molecule has 0 aliphatic heterocycles. The molecule has 0 amide bonds. The number of benzene rings is 1. The van der Waals surface area contributed by atoms with Crippen LogP contribution in [0, 0.1) is 11.8 Å². The number of hydrogen-bond acceptors (Lipinski definition) is 7. The molecule has 24 heavy (non-hydrogen) atoms. The van der Waals surface area contributed by atoms with E-state index in [2.05, 4.69) is 37.0 Å². The lowest BCUT2D eigenvalue weighted by molar-refractivity contribution is 0.597. The lowest BCUT2D eigenvalue weighted by Gasteiger charge is -2.03. The number of rotatable bonds is 1. The Balaban J connectivity index is 1.75. The maximum atomic E-state index is 5.87. The molecule has 4 aromatic rings. The third kappa shape index (κ3) is 2.28. The van der Waals surface area contributed by atoms with Crippen LogP contribution in [-0.4, -0.2) is 39.2 Å². The first kappa shape index (κ1) is 14.0. The molecule has 4 rings (SSSR count). The highest BCUT2D eigenvalue weighted by Crippen LogP contribution is 2.22. The number of anilines is 2. The summed E-state index contributed by atoms with van der Waals surface area (Å²) in [6.45, 7) is 0. The van der Waals surface area contributed by atoms with E-state index < -0.39 is 0 Å². The Hall–Kier alpha value is -3.60. The van der Waals surface area contributed by atoms with Crippen molar-refractivity contribution in [1.82, 2.24) is 25.1 Å². The number of oxazole rings is 1. The molecule has 8 heteroatoms. The summed E-state index contributed by atoms with van der Waals surface area (Å²) in [5.74, 6) is 6.40. The van der Waals surface area contributed by atoms with Crippen molar-refractivity contribution < 1.29 is 4.42 Å². The molecular formula is C16H13N7O. The number of aromatic nitrogens is 5. The molecule has 118 valence electrons. The summed E-state index contributed by atoms with van der Waals surface area (Å²) in [5, 5.41) is 7.56. The maximum Gasteiger partial charge on any atom is 0.297 e. The Morgan fingerprint density at radius 3 is 2.92 bits per heavy atom. The predicted octanol–water partition coefficient (Wildman–Crippen LogP) is 1.54. The molecule has 0 saturated heterocycles. The molecule has 0 saturated carbocycles. The average molecular weight is 319 g/mol. The summed E-state index contributed by atoms with van der Waals surface area (Å²) in [5.41, 5.74) is 9.21. The molecule has 0 aliphatic rings. The van der Waals surface area contributed by atoms with Crippen molar-refractivity contribution in [2.45, 2.75) is 0 Å². The van der Waals surface area contributed by atoms with Gasteiger partial charge in [0.2, 0.25) is 0 Å². The van der Waals surface area contributed by atoms with Crippen molar-refractivity contribution in [3.8, 4) is 11.8 Å². The summed E-state index contributed by atoms with van der Waals surface area (Å²) >= 11 is 0. The normalized spacial score (nSPS) is 10.8. The Morgan fingerprint density at radius 2 is 2.08 bits per heavy atom. The summed E-state index contributed by atoms with van der Waals surface area (Å²) in [6.07, 6.45) is 1.38. The van der Waals surface area contributed by atoms with Crippen LogP contribution in [0.2, 0.25) is 0 Å². The van der Waals surface area contributed by atoms with Gasteiger partial charge in [-0.25, -0.2) is 9.97 Å². The van der Waals surface area contributed by atoms with Gasteiger partial charge in [0.15, 0.2) is 11.2 Å². The molecule has 3 N–H and O–H groups in total. The van der Waals surface area contributed by atoms with Crippen molar-refractivity contribution >= 4 is 34.0 Å². The number of hydrogen-bond donors (Lipinski definition) is 2. The van der Waals surface area contributed by atoms with Gasteiger partial charge < -0.3 is 15.1 Å². The van der Waals surface area contributed by atoms with Crippen LogP contribution in [0.3, 0.4) is 0 Å². The fourth-order valence-corrected chi connectivity index (χ4v) is 2.29. The molecule has 3 aromatic heterocycles. The van der Waals surface area contributed by atoms with Crippen LogP contribution in [0.15, 0.2) is 28.9 Å². The number of fused-ring (bicyclic) bond motifs is 2. The Labute approximate surface area is 136 Å². The molecule has 3 heterocycles. The van der Waals surface area contributed by atoms with E-state index >= 15 is 0 Å². The second-order valence-electron chi connectivity index (χ2n) is 5.38. The standard InChI is InChI=1S/C16H13N7O/c1-23(2)16-20-11-7-9(4-6-12(11)24-16)3-5-10-13-14(17)18-8-19-15(13)22-21-10/h4,6-8H,1-2H3,(H3,17,18,19,21,22). The zero-order valence-electron chi connectivity index (χ0n) is 13.0. The van der Waals surface area contributed by atoms with Crippen LogP contribution in [-0.2, 0) is 0 Å². The quantitative estimate of drug-likeness (QED) is 0.512. The smallest absolute Gasteiger partial charge is 0.297 e. The highest BCUT2D eigenvalue weighted by atomic mass is 16.4. The van der Waals surface area contributed by atoms with Gasteiger partial charge in [0.25, 0.3) is 6.01 Å². The highest BCUT2D eigenvalue weighted by molar-refractivity contribution is 5.90. The van der Waals surface area contributed by atoms with Crippen LogP contribution < -0.4 is 10.6 Å². The van der Waals surface area contributed by atoms with Crippen molar-refractivity contribution in [1.29, 1.82) is 0 Å². The number of nitrogens with zero attached hydrogens (tertiary/aromatic N) is 5. The number of nitrogens with two attached hydrogens (primary N) is 1. The van der Waals surface area contributed by atoms with Crippen molar-refractivity contribution in [3.63, 3.8) is 0 Å². The third-order valence-electron chi connectivity index (χ3n) is 3.47. The van der Waals surface area contributed by atoms with Gasteiger partial charge in [-0.15, -0.1) is 0 Å². The van der Waals surface area contributed by atoms with E-state index in [1.165, 1.54) is 6.33 Å². The largest absolute Gasteiger partial charge is 0.423 e. The molecule has 0 radical (unpaired) electrons. The van der Waals surface area contributed by atoms with E-state index in [4.69, 9.17) is 10.2 Å². The Bertz CT molecular complexity index is 1110. The van der Waals surface area contributed by atoms with E-state index in [1.807, 2.05) is 37.2 Å². The van der Waals surface area contributed by atoms with Crippen LogP contribution in [0.25, 0.3) is 22.1 Å². The third-order valence-corrected chi connectivity index (χ3v) is 3.47. The van der Waals surface area contributed by atoms with Gasteiger partial charge in [-0.3, -0.25) is 5.10 Å². The van der Waals surface area contributed by atoms with Gasteiger partial charge in [-0.2, -0.15) is 10.1 Å². The summed E-state index contributed by atoms with van der Waals surface area (Å²) in [7, 11) is 3.75. The minimum absolute atomic E-state index is 0.348. The molecular weight excluding hydrogens is 306 g/mol. The van der Waals surface area contributed by atoms with E-state index in [0.29, 0.717) is 34.1 Å². The SMILES string of the molecule is CN(C)c1nc2cc(C#Cc3n[nH]c4ncnc(N)c34)ccc2o1. The molecule has 1 aromatic carbocycles. The summed E-state index contributed by atoms with van der Waals surface area (Å²) in [6, 6.07) is 6.14. The first-order valence-corrected chi connectivity index (χ1v) is 7.16. The fourth-order valence-electron chi connectivity index (χ4n) is 2.29. The second-order valence-corrected chi connectivity index (χ2v) is 5.38. The molecule has 0 fully saturated rings. The van der Waals surface area contributed by atoms with Gasteiger partial charge in [0.1, 0.15) is 23.4 Å². The predicted molar refractivity (Wildman–Crippen MR) is 90.4 cm³/mol. The van der Waals surface area contributed by atoms with Crippen LogP contribution in [0.4, 0.5) is 11.8 Å². The van der Waals surface area contributed by atoms with Crippen LogP contribution >= 0.6 is 0 Å². The minimum Gasteiger partial charge on any atom is -0.423 e. The molecule has 0 spiro atoms. The number of aromatic amines is 1. The zero-order chi connectivity index (χ0) is 16.7. The molecule has 0 unspecified atom stereocenters. The first-order chi connectivity index (χ1) is 11.6. The molecule has 0 atom stereocenters. The van der Waals surface area contributed by atoms with E-state index in [9.17, 15) is 0 Å². The van der Waals surface area contributed by atoms with Gasteiger partial charge in [-0.05, 0) is 24.1 Å². The molecule has 8 nitrogen and oxygen atoms in total. The Morgan fingerprint density at radius 1 is 1.21 bits per heavy atom. The number of H-pyrrole nitrogens is 1. The summed E-state index contributed by atoms with van der Waals surface area (Å²) < 4.78 is 5.62. The van der Waals surface area contributed by atoms with E-state index in [0.717, 1.165) is 11.1 Å². The topological polar surface area (TPSA) is 110 Å². The first-order valence-electron chi connectivity index (χ1n) is 7.16. The maximum absolute atomic E-state index is 5.87. The minimum atomic E-state index is 0.348. The van der Waals surface area contributed by atoms with Crippen molar-refractivity contribution in [3.05, 3.63) is 35.8 Å². The summed E-state index contributed by atoms with van der Waals surface area (Å²) in [4.78, 5) is 14.3. The highest BCUT2D eigenvalue weighted by Gasteiger charge is 2.09. The fraction of sp³-hybridized carbons (Fsp3) is 0.125. The van der Waals surface area contributed by atoms with Crippen molar-refractivity contribution in [2.24, 2.45) is 0 Å². The lowest BCUT2D eigenvalue weighted by Crippen LogP contribution is -2.08. The average Bonchev–Trinajstić information content (AvgIpc) is 3.17. The van der Waals surface area contributed by atoms with Gasteiger partial charge >= 0.3 is 0 Å². The van der Waals surface area contributed by atoms with Gasteiger partial charge in [-0.1, -0.05) is 5.92 Å². The lowest BCUT2D eigenvalue weighted by atomic mass is 10.2. The van der Waals surface area contributed by atoms with Gasteiger partial charge in [0.05, 0.1) is 5.39 Å². The monoisotopic (exact) mass is 319 g/mol. The van der Waals surface area contributed by atoms with E-state index in [1.54, 1.807) is 0 Å². The number of nitrogens with one attached hydrogen (secondary N) is 1.